The molecule has 5 rings (SSSR count). The van der Waals surface area contributed by atoms with Crippen molar-refractivity contribution in [3.63, 3.8) is 0 Å². The third-order valence-electron chi connectivity index (χ3n) is 6.10. The van der Waals surface area contributed by atoms with Crippen molar-refractivity contribution in [2.75, 3.05) is 18.1 Å². The van der Waals surface area contributed by atoms with Gasteiger partial charge < -0.3 is 9.47 Å². The first-order chi connectivity index (χ1) is 18.1. The molecule has 4 aromatic rings. The Bertz CT molecular complexity index is 1430. The van der Waals surface area contributed by atoms with Crippen LogP contribution in [0.2, 0.25) is 0 Å². The van der Waals surface area contributed by atoms with E-state index >= 15 is 0 Å². The van der Waals surface area contributed by atoms with Crippen LogP contribution >= 0.6 is 0 Å². The minimum Gasteiger partial charge on any atom is -0.492 e. The summed E-state index contributed by atoms with van der Waals surface area (Å²) >= 11 is 0. The minimum absolute atomic E-state index is 0.0659. The lowest BCUT2D eigenvalue weighted by Gasteiger charge is -2.24. The fourth-order valence-corrected chi connectivity index (χ4v) is 4.30. The standard InChI is InChI=1S/C29H25N3O5/c33-27-17-16-24(30-31(27)18-19-36-23-10-2-1-3-11-23)29(35)37-20-28(34)32-25-12-6-4-8-21(25)14-15-22-9-5-7-13-26(22)32/h1-13,16-17H,14-15,18-20H2. The van der Waals surface area contributed by atoms with Crippen molar-refractivity contribution < 1.29 is 19.1 Å². The summed E-state index contributed by atoms with van der Waals surface area (Å²) in [6.07, 6.45) is 1.60. The predicted octanol–water partition coefficient (Wildman–Crippen LogP) is 3.94. The fraction of sp³-hybridized carbons (Fsp3) is 0.172. The maximum atomic E-state index is 13.4. The average molecular weight is 496 g/mol. The summed E-state index contributed by atoms with van der Waals surface area (Å²) in [5, 5.41) is 4.11. The Morgan fingerprint density at radius 3 is 2.08 bits per heavy atom. The molecule has 0 aliphatic carbocycles. The number of aryl methyl sites for hydroxylation is 2. The van der Waals surface area contributed by atoms with Crippen LogP contribution in [0.3, 0.4) is 0 Å². The summed E-state index contributed by atoms with van der Waals surface area (Å²) in [6, 6.07) is 27.2. The van der Waals surface area contributed by atoms with Crippen LogP contribution in [0.4, 0.5) is 11.4 Å². The second kappa shape index (κ2) is 10.9. The van der Waals surface area contributed by atoms with Crippen LogP contribution in [0.1, 0.15) is 21.6 Å². The van der Waals surface area contributed by atoms with Gasteiger partial charge in [0.1, 0.15) is 12.4 Å². The van der Waals surface area contributed by atoms with Crippen LogP contribution in [0.15, 0.2) is 95.8 Å². The van der Waals surface area contributed by atoms with Gasteiger partial charge in [-0.15, -0.1) is 0 Å². The number of fused-ring (bicyclic) bond motifs is 2. The molecule has 0 bridgehead atoms. The molecule has 37 heavy (non-hydrogen) atoms. The van der Waals surface area contributed by atoms with E-state index in [4.69, 9.17) is 9.47 Å². The summed E-state index contributed by atoms with van der Waals surface area (Å²) in [4.78, 5) is 39.9. The maximum absolute atomic E-state index is 13.4. The van der Waals surface area contributed by atoms with Crippen LogP contribution in [-0.4, -0.2) is 34.9 Å². The van der Waals surface area contributed by atoms with Crippen LogP contribution in [0.25, 0.3) is 0 Å². The van der Waals surface area contributed by atoms with Crippen molar-refractivity contribution in [2.24, 2.45) is 0 Å². The van der Waals surface area contributed by atoms with Crippen molar-refractivity contribution in [2.45, 2.75) is 19.4 Å². The fourth-order valence-electron chi connectivity index (χ4n) is 4.30. The Kier molecular flexibility index (Phi) is 7.07. The molecule has 0 fully saturated rings. The smallest absolute Gasteiger partial charge is 0.359 e. The molecule has 0 atom stereocenters. The number of carbonyl (C=O) groups is 2. The molecule has 0 saturated carbocycles. The number of ether oxygens (including phenoxy) is 2. The van der Waals surface area contributed by atoms with Gasteiger partial charge in [-0.25, -0.2) is 9.48 Å². The zero-order chi connectivity index (χ0) is 25.6. The van der Waals surface area contributed by atoms with E-state index in [1.807, 2.05) is 78.9 Å². The van der Waals surface area contributed by atoms with Crippen LogP contribution in [0.5, 0.6) is 5.75 Å². The average Bonchev–Trinajstić information content (AvgIpc) is 3.10. The first-order valence-electron chi connectivity index (χ1n) is 12.0. The molecular formula is C29H25N3O5. The highest BCUT2D eigenvalue weighted by Crippen LogP contribution is 2.36. The Morgan fingerprint density at radius 1 is 0.784 bits per heavy atom. The Labute approximate surface area is 213 Å². The number of hydrogen-bond donors (Lipinski definition) is 0. The van der Waals surface area contributed by atoms with Gasteiger partial charge in [-0.1, -0.05) is 54.6 Å². The SMILES string of the molecule is O=C(OCC(=O)N1c2ccccc2CCc2ccccc21)c1ccc(=O)n(CCOc2ccccc2)n1. The van der Waals surface area contributed by atoms with E-state index in [9.17, 15) is 14.4 Å². The number of para-hydroxylation sites is 3. The lowest BCUT2D eigenvalue weighted by molar-refractivity contribution is -0.121. The highest BCUT2D eigenvalue weighted by Gasteiger charge is 2.26. The van der Waals surface area contributed by atoms with Crippen molar-refractivity contribution in [1.82, 2.24) is 9.78 Å². The zero-order valence-corrected chi connectivity index (χ0v) is 20.1. The molecular weight excluding hydrogens is 470 g/mol. The summed E-state index contributed by atoms with van der Waals surface area (Å²) in [6.45, 7) is -0.129. The van der Waals surface area contributed by atoms with Crippen LogP contribution < -0.4 is 15.2 Å². The van der Waals surface area contributed by atoms with E-state index in [0.29, 0.717) is 5.75 Å². The molecule has 1 aliphatic rings. The molecule has 8 heteroatoms. The molecule has 8 nitrogen and oxygen atoms in total. The van der Waals surface area contributed by atoms with Gasteiger partial charge >= 0.3 is 5.97 Å². The number of nitrogens with zero attached hydrogens (tertiary/aromatic N) is 3. The first-order valence-corrected chi connectivity index (χ1v) is 12.0. The lowest BCUT2D eigenvalue weighted by atomic mass is 10.0. The molecule has 0 saturated heterocycles. The number of hydrogen-bond acceptors (Lipinski definition) is 6. The van der Waals surface area contributed by atoms with Gasteiger partial charge in [0.25, 0.3) is 11.5 Å². The summed E-state index contributed by atoms with van der Waals surface area (Å²) < 4.78 is 12.1. The monoisotopic (exact) mass is 495 g/mol. The van der Waals surface area contributed by atoms with Crippen LogP contribution in [0, 0.1) is 0 Å². The molecule has 2 heterocycles. The molecule has 0 unspecified atom stereocenters. The number of carbonyl (C=O) groups excluding carboxylic acids is 2. The van der Waals surface area contributed by atoms with Crippen LogP contribution in [-0.2, 0) is 28.9 Å². The predicted molar refractivity (Wildman–Crippen MR) is 138 cm³/mol. The first kappa shape index (κ1) is 24.0. The largest absolute Gasteiger partial charge is 0.492 e. The van der Waals surface area contributed by atoms with Gasteiger partial charge in [-0.05, 0) is 54.3 Å². The van der Waals surface area contributed by atoms with Gasteiger partial charge in [0.2, 0.25) is 0 Å². The molecule has 1 amide bonds. The van der Waals surface area contributed by atoms with Crippen molar-refractivity contribution in [1.29, 1.82) is 0 Å². The molecule has 0 N–H and O–H groups in total. The lowest BCUT2D eigenvalue weighted by Crippen LogP contribution is -2.32. The Morgan fingerprint density at radius 2 is 1.41 bits per heavy atom. The summed E-state index contributed by atoms with van der Waals surface area (Å²) in [7, 11) is 0. The van der Waals surface area contributed by atoms with Gasteiger partial charge in [0, 0.05) is 6.07 Å². The van der Waals surface area contributed by atoms with Gasteiger partial charge in [-0.2, -0.15) is 5.10 Å². The molecule has 1 aliphatic heterocycles. The number of benzene rings is 3. The van der Waals surface area contributed by atoms with E-state index in [1.165, 1.54) is 12.1 Å². The molecule has 186 valence electrons. The minimum atomic E-state index is -0.789. The van der Waals surface area contributed by atoms with E-state index < -0.39 is 12.6 Å². The van der Waals surface area contributed by atoms with Gasteiger partial charge in [-0.3, -0.25) is 14.5 Å². The number of esters is 1. The van der Waals surface area contributed by atoms with E-state index in [1.54, 1.807) is 4.90 Å². The van der Waals surface area contributed by atoms with Crippen molar-refractivity contribution in [3.8, 4) is 5.75 Å². The number of aromatic nitrogens is 2. The Balaban J connectivity index is 1.28. The van der Waals surface area contributed by atoms with E-state index in [0.717, 1.165) is 40.0 Å². The van der Waals surface area contributed by atoms with Crippen molar-refractivity contribution >= 4 is 23.3 Å². The summed E-state index contributed by atoms with van der Waals surface area (Å²) in [5.74, 6) is -0.497. The van der Waals surface area contributed by atoms with Gasteiger partial charge in [0.15, 0.2) is 12.3 Å². The van der Waals surface area contributed by atoms with E-state index in [2.05, 4.69) is 5.10 Å². The highest BCUT2D eigenvalue weighted by molar-refractivity contribution is 6.04. The normalized spacial score (nSPS) is 12.2. The second-order valence-corrected chi connectivity index (χ2v) is 8.50. The highest BCUT2D eigenvalue weighted by atomic mass is 16.5. The quantitative estimate of drug-likeness (QED) is 0.361. The molecule has 0 radical (unpaired) electrons. The topological polar surface area (TPSA) is 90.7 Å². The summed E-state index contributed by atoms with van der Waals surface area (Å²) in [5.41, 5.74) is 3.21. The molecule has 1 aromatic heterocycles. The third-order valence-corrected chi connectivity index (χ3v) is 6.10. The number of amides is 1. The second-order valence-electron chi connectivity index (χ2n) is 8.50. The van der Waals surface area contributed by atoms with Gasteiger partial charge in [0.05, 0.1) is 17.9 Å². The molecule has 3 aromatic carbocycles. The number of rotatable bonds is 7. The van der Waals surface area contributed by atoms with Crippen molar-refractivity contribution in [3.05, 3.63) is 118 Å². The number of anilines is 2. The Hall–Kier alpha value is -4.72. The van der Waals surface area contributed by atoms with E-state index in [-0.39, 0.29) is 30.3 Å². The third kappa shape index (κ3) is 5.43. The molecule has 0 spiro atoms. The zero-order valence-electron chi connectivity index (χ0n) is 20.1. The maximum Gasteiger partial charge on any atom is 0.359 e.